The molecule has 1 saturated heterocycles. The minimum absolute atomic E-state index is 0.0588. The predicted molar refractivity (Wildman–Crippen MR) is 172 cm³/mol. The number of amides is 1. The van der Waals surface area contributed by atoms with Gasteiger partial charge in [0, 0.05) is 33.8 Å². The number of thioether (sulfide) groups is 1. The number of hydrogen-bond acceptors (Lipinski definition) is 9. The van der Waals surface area contributed by atoms with Crippen LogP contribution < -0.4 is 9.64 Å². The van der Waals surface area contributed by atoms with Crippen LogP contribution in [0.3, 0.4) is 0 Å². The number of carbonyl (C=O) groups excluding carboxylic acids is 2. The van der Waals surface area contributed by atoms with Gasteiger partial charge in [0.1, 0.15) is 18.1 Å². The molecule has 3 aromatic carbocycles. The summed E-state index contributed by atoms with van der Waals surface area (Å²) in [5.74, 6) is -0.841. The molecule has 6 rings (SSSR count). The SMILES string of the molecule is O=C1C(=O)N(c2nnc(SCc3ccc(Cl)cc3Cl)s2)C(c2ccc(OCc3ccccc3)cc2)C1=C(O)c1ccncc1. The van der Waals surface area contributed by atoms with Crippen LogP contribution in [0.5, 0.6) is 5.75 Å². The van der Waals surface area contributed by atoms with Crippen molar-refractivity contribution in [1.82, 2.24) is 15.2 Å². The Labute approximate surface area is 271 Å². The second-order valence-electron chi connectivity index (χ2n) is 9.62. The van der Waals surface area contributed by atoms with E-state index < -0.39 is 17.7 Å². The van der Waals surface area contributed by atoms with Gasteiger partial charge in [-0.3, -0.25) is 19.5 Å². The summed E-state index contributed by atoms with van der Waals surface area (Å²) in [6.07, 6.45) is 3.00. The fourth-order valence-corrected chi connectivity index (χ4v) is 7.06. The minimum Gasteiger partial charge on any atom is -0.507 e. The third-order valence-electron chi connectivity index (χ3n) is 6.81. The van der Waals surface area contributed by atoms with E-state index in [0.29, 0.717) is 43.6 Å². The van der Waals surface area contributed by atoms with E-state index in [0.717, 1.165) is 11.1 Å². The molecule has 0 spiro atoms. The highest BCUT2D eigenvalue weighted by Gasteiger charge is 2.48. The molecule has 12 heteroatoms. The largest absolute Gasteiger partial charge is 0.507 e. The molecule has 44 heavy (non-hydrogen) atoms. The predicted octanol–water partition coefficient (Wildman–Crippen LogP) is 7.74. The first-order chi connectivity index (χ1) is 21.4. The van der Waals surface area contributed by atoms with Crippen molar-refractivity contribution in [2.75, 3.05) is 4.90 Å². The zero-order valence-corrected chi connectivity index (χ0v) is 25.9. The van der Waals surface area contributed by atoms with Crippen LogP contribution in [0.2, 0.25) is 10.0 Å². The molecule has 0 saturated carbocycles. The molecule has 1 fully saturated rings. The number of aromatic nitrogens is 3. The first-order valence-corrected chi connectivity index (χ1v) is 15.8. The third-order valence-corrected chi connectivity index (χ3v) is 9.50. The fraction of sp³-hybridized carbons (Fsp3) is 0.0938. The van der Waals surface area contributed by atoms with Crippen molar-refractivity contribution in [1.29, 1.82) is 0 Å². The molecule has 3 heterocycles. The van der Waals surface area contributed by atoms with E-state index in [-0.39, 0.29) is 16.5 Å². The number of halogens is 2. The lowest BCUT2D eigenvalue weighted by Crippen LogP contribution is -2.29. The van der Waals surface area contributed by atoms with E-state index in [2.05, 4.69) is 15.2 Å². The van der Waals surface area contributed by atoms with Crippen molar-refractivity contribution < 1.29 is 19.4 Å². The highest BCUT2D eigenvalue weighted by molar-refractivity contribution is 8.00. The van der Waals surface area contributed by atoms with Crippen LogP contribution >= 0.6 is 46.3 Å². The summed E-state index contributed by atoms with van der Waals surface area (Å²) in [6.45, 7) is 0.382. The Morgan fingerprint density at radius 1 is 0.955 bits per heavy atom. The average molecular weight is 662 g/mol. The number of carbonyl (C=O) groups is 2. The molecular weight excluding hydrogens is 639 g/mol. The summed E-state index contributed by atoms with van der Waals surface area (Å²) < 4.78 is 6.51. The number of rotatable bonds is 9. The maximum atomic E-state index is 13.5. The Kier molecular flexibility index (Phi) is 8.94. The molecule has 1 aliphatic heterocycles. The standard InChI is InChI=1S/C32H22Cl2N4O4S2/c33-23-9-6-22(25(34)16-23)18-43-32-37-36-31(44-32)38-27(26(29(40)30(38)41)28(39)21-12-14-35-15-13-21)20-7-10-24(11-8-20)42-17-19-4-2-1-3-5-19/h1-16,27,39H,17-18H2. The number of ketones is 1. The molecular formula is C32H22Cl2N4O4S2. The van der Waals surface area contributed by atoms with E-state index in [9.17, 15) is 14.7 Å². The van der Waals surface area contributed by atoms with Crippen LogP contribution in [0.4, 0.5) is 5.13 Å². The minimum atomic E-state index is -0.956. The summed E-state index contributed by atoms with van der Waals surface area (Å²) in [4.78, 5) is 32.3. The number of anilines is 1. The van der Waals surface area contributed by atoms with E-state index in [1.54, 1.807) is 48.5 Å². The van der Waals surface area contributed by atoms with E-state index >= 15 is 0 Å². The number of aliphatic hydroxyl groups excluding tert-OH is 1. The molecule has 0 aliphatic carbocycles. The van der Waals surface area contributed by atoms with Gasteiger partial charge >= 0.3 is 5.91 Å². The zero-order chi connectivity index (χ0) is 30.6. The van der Waals surface area contributed by atoms with Crippen LogP contribution in [0.25, 0.3) is 5.76 Å². The van der Waals surface area contributed by atoms with Crippen LogP contribution in [0.15, 0.2) is 107 Å². The molecule has 8 nitrogen and oxygen atoms in total. The van der Waals surface area contributed by atoms with Gasteiger partial charge in [-0.25, -0.2) is 0 Å². The molecule has 1 atom stereocenters. The van der Waals surface area contributed by atoms with E-state index in [1.165, 1.54) is 40.4 Å². The van der Waals surface area contributed by atoms with Gasteiger partial charge in [0.2, 0.25) is 5.13 Å². The highest BCUT2D eigenvalue weighted by atomic mass is 35.5. The molecule has 2 aromatic heterocycles. The number of aliphatic hydroxyl groups is 1. The lowest BCUT2D eigenvalue weighted by molar-refractivity contribution is -0.132. The Balaban J connectivity index is 1.32. The molecule has 0 radical (unpaired) electrons. The summed E-state index contributed by atoms with van der Waals surface area (Å²) in [5.41, 5.74) is 2.77. The molecule has 1 N–H and O–H groups in total. The summed E-state index contributed by atoms with van der Waals surface area (Å²) in [7, 11) is 0. The zero-order valence-electron chi connectivity index (χ0n) is 22.8. The van der Waals surface area contributed by atoms with Crippen molar-refractivity contribution in [2.24, 2.45) is 0 Å². The van der Waals surface area contributed by atoms with Crippen molar-refractivity contribution >= 4 is 68.9 Å². The van der Waals surface area contributed by atoms with Crippen molar-refractivity contribution in [3.05, 3.63) is 135 Å². The summed E-state index contributed by atoms with van der Waals surface area (Å²) >= 11 is 14.9. The number of pyridine rings is 1. The second-order valence-corrected chi connectivity index (χ2v) is 12.6. The first kappa shape index (κ1) is 29.8. The van der Waals surface area contributed by atoms with Gasteiger partial charge in [0.15, 0.2) is 4.34 Å². The number of ether oxygens (including phenoxy) is 1. The lowest BCUT2D eigenvalue weighted by atomic mass is 9.95. The van der Waals surface area contributed by atoms with Gasteiger partial charge in [0.05, 0.1) is 11.6 Å². The van der Waals surface area contributed by atoms with Crippen LogP contribution in [-0.2, 0) is 21.9 Å². The van der Waals surface area contributed by atoms with Gasteiger partial charge < -0.3 is 9.84 Å². The Bertz CT molecular complexity index is 1850. The summed E-state index contributed by atoms with van der Waals surface area (Å²) in [5, 5.41) is 21.1. The molecule has 1 unspecified atom stereocenters. The fourth-order valence-electron chi connectivity index (χ4n) is 4.63. The number of hydrogen-bond donors (Lipinski definition) is 1. The maximum Gasteiger partial charge on any atom is 0.301 e. The van der Waals surface area contributed by atoms with Crippen LogP contribution in [-0.4, -0.2) is 32.0 Å². The number of benzene rings is 3. The smallest absolute Gasteiger partial charge is 0.301 e. The van der Waals surface area contributed by atoms with Crippen molar-refractivity contribution in [2.45, 2.75) is 22.7 Å². The van der Waals surface area contributed by atoms with E-state index in [4.69, 9.17) is 27.9 Å². The number of nitrogens with zero attached hydrogens (tertiary/aromatic N) is 4. The van der Waals surface area contributed by atoms with Gasteiger partial charge in [-0.1, -0.05) is 94.8 Å². The lowest BCUT2D eigenvalue weighted by Gasteiger charge is -2.22. The van der Waals surface area contributed by atoms with Gasteiger partial charge in [-0.05, 0) is 53.1 Å². The van der Waals surface area contributed by atoms with Crippen molar-refractivity contribution in [3.8, 4) is 5.75 Å². The van der Waals surface area contributed by atoms with Crippen LogP contribution in [0, 0.1) is 0 Å². The second kappa shape index (κ2) is 13.2. The molecule has 1 amide bonds. The monoisotopic (exact) mass is 660 g/mol. The topological polar surface area (TPSA) is 106 Å². The molecule has 0 bridgehead atoms. The Hall–Kier alpha value is -4.22. The first-order valence-electron chi connectivity index (χ1n) is 13.3. The molecule has 5 aromatic rings. The number of Topliss-reactive ketones (excluding diaryl/α,β-unsaturated/α-hetero) is 1. The van der Waals surface area contributed by atoms with Gasteiger partial charge in [0.25, 0.3) is 5.78 Å². The van der Waals surface area contributed by atoms with E-state index in [1.807, 2.05) is 36.4 Å². The molecule has 220 valence electrons. The maximum absolute atomic E-state index is 13.5. The Morgan fingerprint density at radius 2 is 1.70 bits per heavy atom. The summed E-state index contributed by atoms with van der Waals surface area (Å²) in [6, 6.07) is 24.3. The van der Waals surface area contributed by atoms with Crippen LogP contribution in [0.1, 0.15) is 28.3 Å². The normalized spacial score (nSPS) is 16.0. The van der Waals surface area contributed by atoms with Gasteiger partial charge in [-0.15, -0.1) is 10.2 Å². The van der Waals surface area contributed by atoms with Crippen molar-refractivity contribution in [3.63, 3.8) is 0 Å². The van der Waals surface area contributed by atoms with Gasteiger partial charge in [-0.2, -0.15) is 0 Å². The third kappa shape index (κ3) is 6.34. The quantitative estimate of drug-likeness (QED) is 0.0563. The highest BCUT2D eigenvalue weighted by Crippen LogP contribution is 2.44. The Morgan fingerprint density at radius 3 is 2.43 bits per heavy atom. The average Bonchev–Trinajstić information content (AvgIpc) is 3.62. The molecule has 1 aliphatic rings.